The Morgan fingerprint density at radius 2 is 2.37 bits per heavy atom. The molecule has 0 aliphatic rings. The number of halogens is 1. The number of guanidine groups is 1. The van der Waals surface area contributed by atoms with Crippen LogP contribution in [0.3, 0.4) is 0 Å². The van der Waals surface area contributed by atoms with Crippen LogP contribution in [-0.4, -0.2) is 43.7 Å². The zero-order chi connectivity index (χ0) is 13.2. The molecule has 19 heavy (non-hydrogen) atoms. The van der Waals surface area contributed by atoms with E-state index in [0.717, 1.165) is 0 Å². The average molecular weight is 379 g/mol. The summed E-state index contributed by atoms with van der Waals surface area (Å²) >= 11 is 0. The van der Waals surface area contributed by atoms with Gasteiger partial charge in [0.15, 0.2) is 5.96 Å². The third kappa shape index (κ3) is 8.32. The van der Waals surface area contributed by atoms with Crippen LogP contribution < -0.4 is 16.4 Å². The molecule has 1 aromatic rings. The maximum atomic E-state index is 11.5. The van der Waals surface area contributed by atoms with Crippen LogP contribution in [0.2, 0.25) is 0 Å². The summed E-state index contributed by atoms with van der Waals surface area (Å²) in [6.45, 7) is 1.04. The minimum atomic E-state index is -0.250. The molecule has 0 saturated carbocycles. The topological polar surface area (TPSA) is 102 Å². The van der Waals surface area contributed by atoms with Crippen LogP contribution in [0.15, 0.2) is 29.5 Å². The van der Waals surface area contributed by atoms with E-state index in [4.69, 9.17) is 10.5 Å². The second-order valence-corrected chi connectivity index (χ2v) is 3.41. The number of nitrogens with zero attached hydrogens (tertiary/aromatic N) is 2. The largest absolute Gasteiger partial charge is 0.383 e. The smallest absolute Gasteiger partial charge is 0.246 e. The Hall–Kier alpha value is -1.42. The molecule has 0 aromatic carbocycles. The predicted octanol–water partition coefficient (Wildman–Crippen LogP) is 0.189. The minimum Gasteiger partial charge on any atom is -0.383 e. The van der Waals surface area contributed by atoms with Gasteiger partial charge in [-0.15, -0.1) is 24.0 Å². The lowest BCUT2D eigenvalue weighted by molar-refractivity contribution is -0.114. The highest BCUT2D eigenvalue weighted by molar-refractivity contribution is 14.0. The lowest BCUT2D eigenvalue weighted by Gasteiger charge is -2.05. The second-order valence-electron chi connectivity index (χ2n) is 3.41. The standard InChI is InChI=1S/C11H17N5O2.HI/c1-18-6-5-14-11(12)15-8-10(17)16-9-3-2-4-13-7-9;/h2-4,7H,5-6,8H2,1H3,(H,16,17)(H3,12,14,15);1H. The molecule has 1 heterocycles. The van der Waals surface area contributed by atoms with Crippen LogP contribution in [0.4, 0.5) is 5.69 Å². The minimum absolute atomic E-state index is 0. The van der Waals surface area contributed by atoms with E-state index in [9.17, 15) is 4.79 Å². The van der Waals surface area contributed by atoms with Crippen molar-refractivity contribution < 1.29 is 9.53 Å². The lowest BCUT2D eigenvalue weighted by atomic mass is 10.4. The molecule has 7 nitrogen and oxygen atoms in total. The Bertz CT molecular complexity index is 399. The number of hydrogen-bond acceptors (Lipinski definition) is 4. The first-order valence-electron chi connectivity index (χ1n) is 5.45. The van der Waals surface area contributed by atoms with Gasteiger partial charge in [0.05, 0.1) is 18.5 Å². The summed E-state index contributed by atoms with van der Waals surface area (Å²) in [5.41, 5.74) is 6.18. The molecule has 106 valence electrons. The van der Waals surface area contributed by atoms with Crippen LogP contribution >= 0.6 is 24.0 Å². The van der Waals surface area contributed by atoms with E-state index in [1.165, 1.54) is 0 Å². The number of aromatic nitrogens is 1. The quantitative estimate of drug-likeness (QED) is 0.284. The highest BCUT2D eigenvalue weighted by Crippen LogP contribution is 2.01. The van der Waals surface area contributed by atoms with Gasteiger partial charge in [0, 0.05) is 19.9 Å². The zero-order valence-corrected chi connectivity index (χ0v) is 13.0. The third-order valence-corrected chi connectivity index (χ3v) is 1.95. The van der Waals surface area contributed by atoms with Crippen LogP contribution in [-0.2, 0) is 9.53 Å². The van der Waals surface area contributed by atoms with Crippen LogP contribution in [0.1, 0.15) is 0 Å². The molecule has 0 aliphatic heterocycles. The molecule has 0 radical (unpaired) electrons. The average Bonchev–Trinajstić information content (AvgIpc) is 2.38. The van der Waals surface area contributed by atoms with Gasteiger partial charge in [-0.05, 0) is 12.1 Å². The van der Waals surface area contributed by atoms with E-state index in [-0.39, 0.29) is 42.4 Å². The van der Waals surface area contributed by atoms with Crippen LogP contribution in [0.5, 0.6) is 0 Å². The molecule has 0 bridgehead atoms. The molecule has 0 fully saturated rings. The molecule has 8 heteroatoms. The summed E-state index contributed by atoms with van der Waals surface area (Å²) in [5.74, 6) is -0.0344. The molecule has 1 amide bonds. The number of amides is 1. The summed E-state index contributed by atoms with van der Waals surface area (Å²) < 4.78 is 4.84. The number of ether oxygens (including phenoxy) is 1. The molecule has 0 aliphatic carbocycles. The summed E-state index contributed by atoms with van der Waals surface area (Å²) in [6.07, 6.45) is 3.19. The van der Waals surface area contributed by atoms with Gasteiger partial charge < -0.3 is 21.1 Å². The first-order valence-corrected chi connectivity index (χ1v) is 5.45. The fraction of sp³-hybridized carbons (Fsp3) is 0.364. The van der Waals surface area contributed by atoms with E-state index in [1.54, 1.807) is 31.6 Å². The summed E-state index contributed by atoms with van der Waals surface area (Å²) in [7, 11) is 1.59. The van der Waals surface area contributed by atoms with Crippen LogP contribution in [0, 0.1) is 0 Å². The Labute approximate surface area is 129 Å². The zero-order valence-electron chi connectivity index (χ0n) is 10.6. The van der Waals surface area contributed by atoms with Gasteiger partial charge in [-0.2, -0.15) is 0 Å². The number of nitrogens with one attached hydrogen (secondary N) is 2. The molecular formula is C11H18IN5O2. The summed E-state index contributed by atoms with van der Waals surface area (Å²) in [4.78, 5) is 19.3. The maximum Gasteiger partial charge on any atom is 0.246 e. The van der Waals surface area contributed by atoms with Crippen molar-refractivity contribution in [2.45, 2.75) is 0 Å². The van der Waals surface area contributed by atoms with E-state index in [1.807, 2.05) is 0 Å². The van der Waals surface area contributed by atoms with Crippen molar-refractivity contribution in [2.75, 3.05) is 32.1 Å². The van der Waals surface area contributed by atoms with E-state index in [2.05, 4.69) is 20.6 Å². The van der Waals surface area contributed by atoms with Crippen molar-refractivity contribution in [1.29, 1.82) is 0 Å². The molecule has 4 N–H and O–H groups in total. The molecule has 0 saturated heterocycles. The number of carbonyl (C=O) groups excluding carboxylic acids is 1. The number of nitrogens with two attached hydrogens (primary N) is 1. The van der Waals surface area contributed by atoms with Crippen molar-refractivity contribution in [1.82, 2.24) is 10.3 Å². The Balaban J connectivity index is 0.00000324. The normalized spacial score (nSPS) is 10.5. The van der Waals surface area contributed by atoms with E-state index >= 15 is 0 Å². The third-order valence-electron chi connectivity index (χ3n) is 1.95. The molecule has 0 atom stereocenters. The van der Waals surface area contributed by atoms with Gasteiger partial charge in [-0.3, -0.25) is 9.78 Å². The molecular weight excluding hydrogens is 361 g/mol. The SMILES string of the molecule is COCCNC(N)=NCC(=O)Nc1cccnc1.I. The Morgan fingerprint density at radius 3 is 3.00 bits per heavy atom. The number of aliphatic imine (C=N–C) groups is 1. The van der Waals surface area contributed by atoms with Gasteiger partial charge in [-0.1, -0.05) is 0 Å². The predicted molar refractivity (Wildman–Crippen MR) is 84.6 cm³/mol. The molecule has 1 rings (SSSR count). The van der Waals surface area contributed by atoms with Crippen molar-refractivity contribution in [3.8, 4) is 0 Å². The second kappa shape index (κ2) is 10.5. The molecule has 0 unspecified atom stereocenters. The van der Waals surface area contributed by atoms with Crippen molar-refractivity contribution in [3.05, 3.63) is 24.5 Å². The van der Waals surface area contributed by atoms with Gasteiger partial charge in [0.2, 0.25) is 5.91 Å². The Morgan fingerprint density at radius 1 is 1.58 bits per heavy atom. The number of carbonyl (C=O) groups is 1. The van der Waals surface area contributed by atoms with Crippen LogP contribution in [0.25, 0.3) is 0 Å². The number of pyridine rings is 1. The van der Waals surface area contributed by atoms with Gasteiger partial charge >= 0.3 is 0 Å². The lowest BCUT2D eigenvalue weighted by Crippen LogP contribution is -2.35. The highest BCUT2D eigenvalue weighted by Gasteiger charge is 2.01. The molecule has 1 aromatic heterocycles. The number of anilines is 1. The number of hydrogen-bond donors (Lipinski definition) is 3. The maximum absolute atomic E-state index is 11.5. The van der Waals surface area contributed by atoms with Gasteiger partial charge in [0.25, 0.3) is 0 Å². The fourth-order valence-electron chi connectivity index (χ4n) is 1.13. The molecule has 0 spiro atoms. The van der Waals surface area contributed by atoms with E-state index < -0.39 is 0 Å². The van der Waals surface area contributed by atoms with Gasteiger partial charge in [0.1, 0.15) is 6.54 Å². The van der Waals surface area contributed by atoms with Crippen molar-refractivity contribution in [2.24, 2.45) is 10.7 Å². The fourth-order valence-corrected chi connectivity index (χ4v) is 1.13. The summed E-state index contributed by atoms with van der Waals surface area (Å²) in [5, 5.41) is 5.46. The monoisotopic (exact) mass is 379 g/mol. The van der Waals surface area contributed by atoms with E-state index in [0.29, 0.717) is 18.8 Å². The van der Waals surface area contributed by atoms with Crippen molar-refractivity contribution >= 4 is 41.5 Å². The van der Waals surface area contributed by atoms with Gasteiger partial charge in [-0.25, -0.2) is 4.99 Å². The number of rotatable bonds is 6. The first kappa shape index (κ1) is 17.6. The Kier molecular flexibility index (Phi) is 9.71. The number of methoxy groups -OCH3 is 1. The van der Waals surface area contributed by atoms with Crippen molar-refractivity contribution in [3.63, 3.8) is 0 Å². The highest BCUT2D eigenvalue weighted by atomic mass is 127. The summed E-state index contributed by atoms with van der Waals surface area (Å²) in [6, 6.07) is 3.48. The first-order chi connectivity index (χ1) is 8.72.